The number of hydrogen-bond acceptors (Lipinski definition) is 1. The van der Waals surface area contributed by atoms with E-state index < -0.39 is 0 Å². The van der Waals surface area contributed by atoms with Gasteiger partial charge in [-0.25, -0.2) is 0 Å². The van der Waals surface area contributed by atoms with Crippen LogP contribution in [0.3, 0.4) is 0 Å². The Balaban J connectivity index is 3.96. The molecule has 1 heteroatoms. The Morgan fingerprint density at radius 3 is 2.31 bits per heavy atom. The van der Waals surface area contributed by atoms with Crippen molar-refractivity contribution in [2.24, 2.45) is 5.92 Å². The molecule has 0 saturated carbocycles. The van der Waals surface area contributed by atoms with Gasteiger partial charge in [0.25, 0.3) is 0 Å². The van der Waals surface area contributed by atoms with Crippen LogP contribution in [0.4, 0.5) is 0 Å². The molecule has 0 heterocycles. The highest BCUT2D eigenvalue weighted by molar-refractivity contribution is 5.16. The smallest absolute Gasteiger partial charge is 0.0174 e. The summed E-state index contributed by atoms with van der Waals surface area (Å²) in [5.74, 6) is 0.778. The Bertz CT molecular complexity index is 189. The minimum Gasteiger partial charge on any atom is -0.378 e. The number of allylic oxidation sites excluding steroid dienone is 3. The first-order valence-electron chi connectivity index (χ1n) is 4.98. The van der Waals surface area contributed by atoms with Crippen molar-refractivity contribution in [2.75, 3.05) is 13.6 Å². The topological polar surface area (TPSA) is 3.24 Å². The van der Waals surface area contributed by atoms with Gasteiger partial charge >= 0.3 is 0 Å². The van der Waals surface area contributed by atoms with Crippen molar-refractivity contribution in [3.63, 3.8) is 0 Å². The molecule has 0 rings (SSSR count). The predicted octanol–water partition coefficient (Wildman–Crippen LogP) is 3.44. The standard InChI is InChI=1S/C12H23N/c1-10(2)7-8-13(6)12(5)9-11(3)4/h9-10H,3,7-8H2,1-2,4-6H3/b12-9-. The van der Waals surface area contributed by atoms with Crippen LogP contribution in [-0.4, -0.2) is 18.5 Å². The van der Waals surface area contributed by atoms with Crippen LogP contribution in [0.2, 0.25) is 0 Å². The number of nitrogens with zero attached hydrogens (tertiary/aromatic N) is 1. The maximum Gasteiger partial charge on any atom is 0.0174 e. The molecule has 0 radical (unpaired) electrons. The molecule has 0 aliphatic heterocycles. The van der Waals surface area contributed by atoms with Crippen LogP contribution in [0.5, 0.6) is 0 Å². The summed E-state index contributed by atoms with van der Waals surface area (Å²) in [6.45, 7) is 13.7. The Kier molecular flexibility index (Phi) is 5.52. The van der Waals surface area contributed by atoms with Crippen molar-refractivity contribution < 1.29 is 0 Å². The molecule has 0 N–H and O–H groups in total. The summed E-state index contributed by atoms with van der Waals surface area (Å²) >= 11 is 0. The van der Waals surface area contributed by atoms with Crippen LogP contribution >= 0.6 is 0 Å². The maximum absolute atomic E-state index is 3.87. The fourth-order valence-corrected chi connectivity index (χ4v) is 1.09. The molecule has 1 nitrogen and oxygen atoms in total. The average Bonchev–Trinajstić information content (AvgIpc) is 1.98. The van der Waals surface area contributed by atoms with E-state index in [0.717, 1.165) is 18.0 Å². The van der Waals surface area contributed by atoms with E-state index in [4.69, 9.17) is 0 Å². The first kappa shape index (κ1) is 12.3. The van der Waals surface area contributed by atoms with E-state index in [9.17, 15) is 0 Å². The van der Waals surface area contributed by atoms with E-state index in [1.165, 1.54) is 12.1 Å². The first-order chi connectivity index (χ1) is 5.93. The summed E-state index contributed by atoms with van der Waals surface area (Å²) in [7, 11) is 2.14. The lowest BCUT2D eigenvalue weighted by molar-refractivity contribution is 0.377. The Morgan fingerprint density at radius 2 is 1.92 bits per heavy atom. The minimum absolute atomic E-state index is 0.778. The van der Waals surface area contributed by atoms with Crippen molar-refractivity contribution >= 4 is 0 Å². The van der Waals surface area contributed by atoms with Crippen LogP contribution < -0.4 is 0 Å². The van der Waals surface area contributed by atoms with E-state index in [1.54, 1.807) is 0 Å². The largest absolute Gasteiger partial charge is 0.378 e. The second-order valence-electron chi connectivity index (χ2n) is 4.24. The summed E-state index contributed by atoms with van der Waals surface area (Å²) in [6, 6.07) is 0. The zero-order chi connectivity index (χ0) is 10.4. The fourth-order valence-electron chi connectivity index (χ4n) is 1.09. The summed E-state index contributed by atoms with van der Waals surface area (Å²) in [5.41, 5.74) is 2.42. The molecule has 13 heavy (non-hydrogen) atoms. The first-order valence-corrected chi connectivity index (χ1v) is 4.98. The molecule has 0 fully saturated rings. The van der Waals surface area contributed by atoms with E-state index >= 15 is 0 Å². The molecule has 0 saturated heterocycles. The van der Waals surface area contributed by atoms with Crippen LogP contribution in [0.15, 0.2) is 23.9 Å². The normalized spacial score (nSPS) is 12.0. The molecule has 0 unspecified atom stereocenters. The summed E-state index contributed by atoms with van der Waals surface area (Å²) in [4.78, 5) is 2.29. The van der Waals surface area contributed by atoms with Gasteiger partial charge in [0, 0.05) is 19.3 Å². The van der Waals surface area contributed by atoms with Gasteiger partial charge in [0.1, 0.15) is 0 Å². The van der Waals surface area contributed by atoms with Gasteiger partial charge in [-0.3, -0.25) is 0 Å². The van der Waals surface area contributed by atoms with Gasteiger partial charge in [0.2, 0.25) is 0 Å². The van der Waals surface area contributed by atoms with Crippen molar-refractivity contribution in [3.8, 4) is 0 Å². The van der Waals surface area contributed by atoms with Gasteiger partial charge in [0.15, 0.2) is 0 Å². The van der Waals surface area contributed by atoms with Gasteiger partial charge in [-0.2, -0.15) is 0 Å². The molecule has 76 valence electrons. The van der Waals surface area contributed by atoms with E-state index in [-0.39, 0.29) is 0 Å². The van der Waals surface area contributed by atoms with Crippen LogP contribution in [0.25, 0.3) is 0 Å². The van der Waals surface area contributed by atoms with E-state index in [2.05, 4.69) is 45.4 Å². The summed E-state index contributed by atoms with van der Waals surface area (Å²) in [5, 5.41) is 0. The number of hydrogen-bond donors (Lipinski definition) is 0. The zero-order valence-electron chi connectivity index (χ0n) is 9.72. The van der Waals surface area contributed by atoms with Crippen LogP contribution in [0, 0.1) is 5.92 Å². The summed E-state index contributed by atoms with van der Waals surface area (Å²) in [6.07, 6.45) is 3.37. The molecule has 0 aromatic rings. The van der Waals surface area contributed by atoms with Gasteiger partial charge < -0.3 is 4.90 Å². The van der Waals surface area contributed by atoms with Gasteiger partial charge in [-0.05, 0) is 32.3 Å². The monoisotopic (exact) mass is 181 g/mol. The Morgan fingerprint density at radius 1 is 1.38 bits per heavy atom. The molecule has 0 aliphatic rings. The van der Waals surface area contributed by atoms with E-state index in [1.807, 2.05) is 6.92 Å². The molecule has 0 aromatic carbocycles. The Labute approximate surface area is 83.1 Å². The van der Waals surface area contributed by atoms with Gasteiger partial charge in [-0.1, -0.05) is 26.0 Å². The second-order valence-corrected chi connectivity index (χ2v) is 4.24. The van der Waals surface area contributed by atoms with Crippen molar-refractivity contribution in [2.45, 2.75) is 34.1 Å². The van der Waals surface area contributed by atoms with Crippen molar-refractivity contribution in [3.05, 3.63) is 23.9 Å². The third kappa shape index (κ3) is 6.44. The highest BCUT2D eigenvalue weighted by Crippen LogP contribution is 2.07. The molecule has 0 aliphatic carbocycles. The van der Waals surface area contributed by atoms with Crippen LogP contribution in [0.1, 0.15) is 34.1 Å². The Hall–Kier alpha value is -0.720. The minimum atomic E-state index is 0.778. The molecule has 0 bridgehead atoms. The summed E-state index contributed by atoms with van der Waals surface area (Å²) < 4.78 is 0. The second kappa shape index (κ2) is 5.85. The highest BCUT2D eigenvalue weighted by Gasteiger charge is 2.00. The molecule has 0 aromatic heterocycles. The average molecular weight is 181 g/mol. The van der Waals surface area contributed by atoms with E-state index in [0.29, 0.717) is 0 Å². The third-order valence-corrected chi connectivity index (χ3v) is 2.10. The third-order valence-electron chi connectivity index (χ3n) is 2.10. The molecule has 0 spiro atoms. The lowest BCUT2D eigenvalue weighted by Gasteiger charge is -2.21. The lowest BCUT2D eigenvalue weighted by Crippen LogP contribution is -2.18. The van der Waals surface area contributed by atoms with Crippen LogP contribution in [-0.2, 0) is 0 Å². The predicted molar refractivity (Wildman–Crippen MR) is 60.7 cm³/mol. The molecule has 0 atom stereocenters. The SMILES string of the molecule is C=C(C)/C=C(/C)N(C)CCC(C)C. The number of rotatable bonds is 5. The fraction of sp³-hybridized carbons (Fsp3) is 0.667. The zero-order valence-corrected chi connectivity index (χ0v) is 9.72. The molecular weight excluding hydrogens is 158 g/mol. The van der Waals surface area contributed by atoms with Gasteiger partial charge in [-0.15, -0.1) is 0 Å². The molecular formula is C12H23N. The molecule has 0 amide bonds. The van der Waals surface area contributed by atoms with Crippen molar-refractivity contribution in [1.82, 2.24) is 4.90 Å². The lowest BCUT2D eigenvalue weighted by atomic mass is 10.1. The maximum atomic E-state index is 3.87. The quantitative estimate of drug-likeness (QED) is 0.587. The highest BCUT2D eigenvalue weighted by atomic mass is 15.1. The van der Waals surface area contributed by atoms with Gasteiger partial charge in [0.05, 0.1) is 0 Å². The van der Waals surface area contributed by atoms with Crippen molar-refractivity contribution in [1.29, 1.82) is 0 Å².